The monoisotopic (exact) mass is 293 g/mol. The quantitative estimate of drug-likeness (QED) is 0.923. The minimum atomic E-state index is 0.772. The zero-order valence-electron chi connectivity index (χ0n) is 9.69. The van der Waals surface area contributed by atoms with Gasteiger partial charge in [0.2, 0.25) is 0 Å². The lowest BCUT2D eigenvalue weighted by Gasteiger charge is -2.22. The molecule has 3 rings (SSSR count). The van der Waals surface area contributed by atoms with Crippen LogP contribution in [0.2, 0.25) is 0 Å². The molecule has 17 heavy (non-hydrogen) atoms. The summed E-state index contributed by atoms with van der Waals surface area (Å²) in [4.78, 5) is 0. The summed E-state index contributed by atoms with van der Waals surface area (Å²) in [7, 11) is 0. The molecule has 2 aromatic rings. The van der Waals surface area contributed by atoms with E-state index in [9.17, 15) is 0 Å². The van der Waals surface area contributed by atoms with E-state index in [2.05, 4.69) is 49.4 Å². The van der Waals surface area contributed by atoms with Crippen LogP contribution in [0, 0.1) is 5.92 Å². The summed E-state index contributed by atoms with van der Waals surface area (Å²) in [6.07, 6.45) is 4.68. The first kappa shape index (κ1) is 11.2. The highest BCUT2D eigenvalue weighted by Gasteiger charge is 2.14. The van der Waals surface area contributed by atoms with Gasteiger partial charge in [0.15, 0.2) is 0 Å². The summed E-state index contributed by atoms with van der Waals surface area (Å²) in [5.41, 5.74) is 1.09. The first-order valence-corrected chi connectivity index (χ1v) is 6.94. The van der Waals surface area contributed by atoms with E-state index >= 15 is 0 Å². The van der Waals surface area contributed by atoms with Crippen molar-refractivity contribution in [2.24, 2.45) is 5.92 Å². The Balaban J connectivity index is 1.80. The number of nitrogens with one attached hydrogen (secondary N) is 1. The van der Waals surface area contributed by atoms with Crippen molar-refractivity contribution in [2.45, 2.75) is 19.4 Å². The maximum atomic E-state index is 4.62. The number of hydrogen-bond donors (Lipinski definition) is 1. The molecular weight excluding hydrogens is 278 g/mol. The molecule has 1 aromatic heterocycles. The van der Waals surface area contributed by atoms with Crippen molar-refractivity contribution >= 4 is 26.8 Å². The Bertz CT molecular complexity index is 514. The molecule has 0 atom stereocenters. The third kappa shape index (κ3) is 2.53. The maximum absolute atomic E-state index is 4.62. The highest BCUT2D eigenvalue weighted by molar-refractivity contribution is 9.10. The van der Waals surface area contributed by atoms with Crippen molar-refractivity contribution in [2.75, 3.05) is 13.1 Å². The topological polar surface area (TPSA) is 29.9 Å². The molecule has 0 radical (unpaired) electrons. The summed E-state index contributed by atoms with van der Waals surface area (Å²) in [5, 5.41) is 9.24. The fourth-order valence-electron chi connectivity index (χ4n) is 2.47. The lowest BCUT2D eigenvalue weighted by atomic mass is 9.98. The van der Waals surface area contributed by atoms with E-state index < -0.39 is 0 Å². The summed E-state index contributed by atoms with van der Waals surface area (Å²) >= 11 is 3.49. The molecule has 2 heterocycles. The molecule has 3 nitrogen and oxygen atoms in total. The van der Waals surface area contributed by atoms with E-state index in [-0.39, 0.29) is 0 Å². The highest BCUT2D eigenvalue weighted by Crippen LogP contribution is 2.20. The zero-order chi connectivity index (χ0) is 11.7. The number of fused-ring (bicyclic) bond motifs is 1. The number of rotatable bonds is 2. The summed E-state index contributed by atoms with van der Waals surface area (Å²) in [5.74, 6) is 0.772. The van der Waals surface area contributed by atoms with E-state index in [1.54, 1.807) is 0 Å². The Labute approximate surface area is 109 Å². The van der Waals surface area contributed by atoms with Gasteiger partial charge in [0, 0.05) is 22.6 Å². The van der Waals surface area contributed by atoms with Crippen molar-refractivity contribution in [3.05, 3.63) is 28.9 Å². The molecule has 1 aliphatic heterocycles. The first-order chi connectivity index (χ1) is 8.31. The Morgan fingerprint density at radius 1 is 1.35 bits per heavy atom. The molecule has 0 saturated carbocycles. The summed E-state index contributed by atoms with van der Waals surface area (Å²) in [6.45, 7) is 3.35. The van der Waals surface area contributed by atoms with Crippen molar-refractivity contribution < 1.29 is 0 Å². The second kappa shape index (κ2) is 4.78. The molecule has 0 bridgehead atoms. The Morgan fingerprint density at radius 3 is 3.00 bits per heavy atom. The van der Waals surface area contributed by atoms with Crippen LogP contribution in [-0.2, 0) is 6.54 Å². The van der Waals surface area contributed by atoms with Gasteiger partial charge in [0.25, 0.3) is 0 Å². The number of aromatic nitrogens is 2. The van der Waals surface area contributed by atoms with Gasteiger partial charge in [0.05, 0.1) is 5.52 Å². The second-order valence-electron chi connectivity index (χ2n) is 4.75. The smallest absolute Gasteiger partial charge is 0.0924 e. The SMILES string of the molecule is Brc1ccc2nn(CC3CCNCC3)cc2c1. The molecular formula is C13H16BrN3. The van der Waals surface area contributed by atoms with Crippen LogP contribution in [-0.4, -0.2) is 22.9 Å². The average Bonchev–Trinajstić information content (AvgIpc) is 2.71. The second-order valence-corrected chi connectivity index (χ2v) is 5.66. The van der Waals surface area contributed by atoms with Crippen LogP contribution >= 0.6 is 15.9 Å². The fraction of sp³-hybridized carbons (Fsp3) is 0.462. The van der Waals surface area contributed by atoms with Gasteiger partial charge in [-0.25, -0.2) is 0 Å². The van der Waals surface area contributed by atoms with Crippen LogP contribution in [0.25, 0.3) is 10.9 Å². The third-order valence-electron chi connectivity index (χ3n) is 3.42. The summed E-state index contributed by atoms with van der Waals surface area (Å²) in [6, 6.07) is 6.24. The van der Waals surface area contributed by atoms with Crippen LogP contribution in [0.15, 0.2) is 28.9 Å². The first-order valence-electron chi connectivity index (χ1n) is 6.15. The van der Waals surface area contributed by atoms with Crippen molar-refractivity contribution in [3.8, 4) is 0 Å². The van der Waals surface area contributed by atoms with Gasteiger partial charge >= 0.3 is 0 Å². The zero-order valence-corrected chi connectivity index (χ0v) is 11.3. The van der Waals surface area contributed by atoms with E-state index in [4.69, 9.17) is 0 Å². The van der Waals surface area contributed by atoms with Gasteiger partial charge in [-0.2, -0.15) is 5.10 Å². The molecule has 1 saturated heterocycles. The van der Waals surface area contributed by atoms with Gasteiger partial charge in [0.1, 0.15) is 0 Å². The van der Waals surface area contributed by atoms with Gasteiger partial charge < -0.3 is 5.32 Å². The van der Waals surface area contributed by atoms with Crippen LogP contribution in [0.1, 0.15) is 12.8 Å². The molecule has 1 aliphatic rings. The molecule has 1 fully saturated rings. The minimum absolute atomic E-state index is 0.772. The lowest BCUT2D eigenvalue weighted by molar-refractivity contribution is 0.322. The predicted octanol–water partition coefficient (Wildman–Crippen LogP) is 2.80. The number of halogens is 1. The van der Waals surface area contributed by atoms with E-state index in [1.165, 1.54) is 18.2 Å². The number of hydrogen-bond acceptors (Lipinski definition) is 2. The van der Waals surface area contributed by atoms with Crippen LogP contribution in [0.5, 0.6) is 0 Å². The minimum Gasteiger partial charge on any atom is -0.317 e. The Hall–Kier alpha value is -0.870. The van der Waals surface area contributed by atoms with E-state index in [0.717, 1.165) is 35.5 Å². The average molecular weight is 294 g/mol. The maximum Gasteiger partial charge on any atom is 0.0924 e. The van der Waals surface area contributed by atoms with Crippen molar-refractivity contribution in [1.82, 2.24) is 15.1 Å². The normalized spacial score (nSPS) is 17.7. The van der Waals surface area contributed by atoms with Crippen molar-refractivity contribution in [3.63, 3.8) is 0 Å². The molecule has 1 N–H and O–H groups in total. The van der Waals surface area contributed by atoms with Gasteiger partial charge in [-0.3, -0.25) is 4.68 Å². The third-order valence-corrected chi connectivity index (χ3v) is 3.91. The van der Waals surface area contributed by atoms with E-state index in [0.29, 0.717) is 0 Å². The van der Waals surface area contributed by atoms with Crippen LogP contribution in [0.3, 0.4) is 0 Å². The number of benzene rings is 1. The van der Waals surface area contributed by atoms with Crippen LogP contribution in [0.4, 0.5) is 0 Å². The molecule has 90 valence electrons. The van der Waals surface area contributed by atoms with Crippen LogP contribution < -0.4 is 5.32 Å². The predicted molar refractivity (Wildman–Crippen MR) is 73.0 cm³/mol. The standard InChI is InChI=1S/C13H16BrN3/c14-12-1-2-13-11(7-12)9-17(16-13)8-10-3-5-15-6-4-10/h1-2,7,9-10,15H,3-6,8H2. The largest absolute Gasteiger partial charge is 0.317 e. The lowest BCUT2D eigenvalue weighted by Crippen LogP contribution is -2.29. The van der Waals surface area contributed by atoms with Gasteiger partial charge in [-0.15, -0.1) is 0 Å². The van der Waals surface area contributed by atoms with Gasteiger partial charge in [-0.1, -0.05) is 15.9 Å². The molecule has 1 aromatic carbocycles. The molecule has 0 amide bonds. The van der Waals surface area contributed by atoms with E-state index in [1.807, 2.05) is 6.07 Å². The molecule has 0 aliphatic carbocycles. The van der Waals surface area contributed by atoms with Crippen molar-refractivity contribution in [1.29, 1.82) is 0 Å². The van der Waals surface area contributed by atoms with Gasteiger partial charge in [-0.05, 0) is 50.0 Å². The number of nitrogens with zero attached hydrogens (tertiary/aromatic N) is 2. The Kier molecular flexibility index (Phi) is 3.16. The summed E-state index contributed by atoms with van der Waals surface area (Å²) < 4.78 is 3.22. The molecule has 0 spiro atoms. The fourth-order valence-corrected chi connectivity index (χ4v) is 2.85. The highest BCUT2D eigenvalue weighted by atomic mass is 79.9. The molecule has 0 unspecified atom stereocenters. The number of piperidine rings is 1. The molecule has 4 heteroatoms. The Morgan fingerprint density at radius 2 is 2.18 bits per heavy atom.